The summed E-state index contributed by atoms with van der Waals surface area (Å²) in [5, 5.41) is 3.70. The van der Waals surface area contributed by atoms with Crippen molar-refractivity contribution < 1.29 is 0 Å². The summed E-state index contributed by atoms with van der Waals surface area (Å²) in [7, 11) is 0. The number of rotatable bonds is 7. The van der Waals surface area contributed by atoms with E-state index in [9.17, 15) is 0 Å². The quantitative estimate of drug-likeness (QED) is 0.501. The fraction of sp³-hybridized carbons (Fsp3) is 0.867. The summed E-state index contributed by atoms with van der Waals surface area (Å²) in [5.74, 6) is 0. The number of unbranched alkanes of at least 4 members (excludes halogenated alkanes) is 2. The molecule has 0 aromatic carbocycles. The minimum Gasteiger partial charge on any atom is -0.310 e. The molecule has 0 amide bonds. The van der Waals surface area contributed by atoms with E-state index in [1.165, 1.54) is 44.9 Å². The first kappa shape index (κ1) is 13.8. The van der Waals surface area contributed by atoms with Crippen molar-refractivity contribution in [3.63, 3.8) is 0 Å². The molecule has 0 radical (unpaired) electrons. The maximum Gasteiger partial charge on any atom is 0.0250 e. The third kappa shape index (κ3) is 5.69. The van der Waals surface area contributed by atoms with Crippen LogP contribution in [0.4, 0.5) is 0 Å². The Morgan fingerprint density at radius 1 is 1.31 bits per heavy atom. The fourth-order valence-corrected chi connectivity index (χ4v) is 2.33. The molecule has 0 saturated carbocycles. The van der Waals surface area contributed by atoms with E-state index < -0.39 is 0 Å². The predicted molar refractivity (Wildman–Crippen MR) is 72.7 cm³/mol. The topological polar surface area (TPSA) is 12.0 Å². The van der Waals surface area contributed by atoms with Crippen LogP contribution in [0.15, 0.2) is 12.2 Å². The van der Waals surface area contributed by atoms with Gasteiger partial charge in [-0.25, -0.2) is 0 Å². The van der Waals surface area contributed by atoms with Crippen LogP contribution < -0.4 is 5.32 Å². The molecule has 1 aliphatic rings. The summed E-state index contributed by atoms with van der Waals surface area (Å²) in [5.41, 5.74) is 0.459. The standard InChI is InChI=1S/C15H29N/c1-4-5-9-12-15(2,3)13-16-14-10-7-6-8-11-14/h7,10,14,16H,4-6,8-9,11-13H2,1-3H3. The van der Waals surface area contributed by atoms with Gasteiger partial charge < -0.3 is 5.32 Å². The van der Waals surface area contributed by atoms with Crippen molar-refractivity contribution in [1.82, 2.24) is 5.32 Å². The van der Waals surface area contributed by atoms with E-state index in [0.717, 1.165) is 6.54 Å². The lowest BCUT2D eigenvalue weighted by Gasteiger charge is -2.28. The average Bonchev–Trinajstić information content (AvgIpc) is 2.28. The third-order valence-corrected chi connectivity index (χ3v) is 3.55. The van der Waals surface area contributed by atoms with Gasteiger partial charge in [-0.05, 0) is 31.1 Å². The van der Waals surface area contributed by atoms with Gasteiger partial charge in [0.05, 0.1) is 0 Å². The normalized spacial score (nSPS) is 21.3. The van der Waals surface area contributed by atoms with Gasteiger partial charge in [0.15, 0.2) is 0 Å². The molecule has 0 heterocycles. The Hall–Kier alpha value is -0.300. The molecule has 0 saturated heterocycles. The molecule has 1 rings (SSSR count). The first-order valence-corrected chi connectivity index (χ1v) is 7.04. The maximum absolute atomic E-state index is 3.70. The second kappa shape index (κ2) is 7.11. The predicted octanol–water partition coefficient (Wildman–Crippen LogP) is 4.29. The monoisotopic (exact) mass is 223 g/mol. The van der Waals surface area contributed by atoms with Gasteiger partial charge in [-0.1, -0.05) is 52.2 Å². The first-order valence-electron chi connectivity index (χ1n) is 7.04. The zero-order chi connectivity index (χ0) is 11.9. The van der Waals surface area contributed by atoms with Crippen LogP contribution in [0, 0.1) is 5.41 Å². The van der Waals surface area contributed by atoms with Crippen LogP contribution in [-0.4, -0.2) is 12.6 Å². The number of nitrogens with one attached hydrogen (secondary N) is 1. The van der Waals surface area contributed by atoms with Gasteiger partial charge in [0.25, 0.3) is 0 Å². The molecule has 0 aromatic rings. The van der Waals surface area contributed by atoms with E-state index in [4.69, 9.17) is 0 Å². The highest BCUT2D eigenvalue weighted by atomic mass is 14.9. The van der Waals surface area contributed by atoms with E-state index in [0.29, 0.717) is 11.5 Å². The van der Waals surface area contributed by atoms with Crippen molar-refractivity contribution in [2.75, 3.05) is 6.54 Å². The molecule has 1 nitrogen and oxygen atoms in total. The van der Waals surface area contributed by atoms with E-state index in [-0.39, 0.29) is 0 Å². The summed E-state index contributed by atoms with van der Waals surface area (Å²) in [6, 6.07) is 0.638. The lowest BCUT2D eigenvalue weighted by molar-refractivity contribution is 0.290. The molecule has 1 N–H and O–H groups in total. The number of hydrogen-bond acceptors (Lipinski definition) is 1. The van der Waals surface area contributed by atoms with Crippen LogP contribution in [0.25, 0.3) is 0 Å². The Bertz CT molecular complexity index is 205. The molecular formula is C15H29N. The fourth-order valence-electron chi connectivity index (χ4n) is 2.33. The molecule has 1 aliphatic carbocycles. The van der Waals surface area contributed by atoms with Crippen LogP contribution in [0.1, 0.15) is 65.7 Å². The van der Waals surface area contributed by atoms with Gasteiger partial charge in [-0.2, -0.15) is 0 Å². The minimum atomic E-state index is 0.459. The lowest BCUT2D eigenvalue weighted by atomic mass is 9.86. The van der Waals surface area contributed by atoms with Crippen molar-refractivity contribution >= 4 is 0 Å². The average molecular weight is 223 g/mol. The summed E-state index contributed by atoms with van der Waals surface area (Å²) < 4.78 is 0. The van der Waals surface area contributed by atoms with E-state index in [1.807, 2.05) is 0 Å². The zero-order valence-corrected chi connectivity index (χ0v) is 11.4. The molecule has 1 atom stereocenters. The Morgan fingerprint density at radius 2 is 2.12 bits per heavy atom. The SMILES string of the molecule is CCCCCC(C)(C)CNC1C=CCCC1. The smallest absolute Gasteiger partial charge is 0.0250 e. The maximum atomic E-state index is 3.70. The molecule has 0 aromatic heterocycles. The van der Waals surface area contributed by atoms with Crippen LogP contribution >= 0.6 is 0 Å². The lowest BCUT2D eigenvalue weighted by Crippen LogP contribution is -2.36. The highest BCUT2D eigenvalue weighted by molar-refractivity contribution is 4.97. The number of allylic oxidation sites excluding steroid dienone is 1. The molecule has 1 unspecified atom stereocenters. The summed E-state index contributed by atoms with van der Waals surface area (Å²) in [4.78, 5) is 0. The van der Waals surface area contributed by atoms with Crippen molar-refractivity contribution in [2.45, 2.75) is 71.8 Å². The highest BCUT2D eigenvalue weighted by Gasteiger charge is 2.18. The summed E-state index contributed by atoms with van der Waals surface area (Å²) in [6.45, 7) is 8.22. The van der Waals surface area contributed by atoms with Gasteiger partial charge >= 0.3 is 0 Å². The second-order valence-corrected chi connectivity index (χ2v) is 5.97. The number of hydrogen-bond donors (Lipinski definition) is 1. The Balaban J connectivity index is 2.18. The molecular weight excluding hydrogens is 194 g/mol. The van der Waals surface area contributed by atoms with Gasteiger partial charge in [0.2, 0.25) is 0 Å². The van der Waals surface area contributed by atoms with Crippen LogP contribution in [-0.2, 0) is 0 Å². The van der Waals surface area contributed by atoms with Crippen LogP contribution in [0.2, 0.25) is 0 Å². The van der Waals surface area contributed by atoms with Crippen molar-refractivity contribution in [1.29, 1.82) is 0 Å². The van der Waals surface area contributed by atoms with Gasteiger partial charge in [-0.15, -0.1) is 0 Å². The molecule has 1 heteroatoms. The molecule has 0 fully saturated rings. The molecule has 0 aliphatic heterocycles. The van der Waals surface area contributed by atoms with Crippen LogP contribution in [0.5, 0.6) is 0 Å². The third-order valence-electron chi connectivity index (χ3n) is 3.55. The van der Waals surface area contributed by atoms with E-state index in [1.54, 1.807) is 0 Å². The van der Waals surface area contributed by atoms with Gasteiger partial charge in [-0.3, -0.25) is 0 Å². The second-order valence-electron chi connectivity index (χ2n) is 5.97. The van der Waals surface area contributed by atoms with E-state index >= 15 is 0 Å². The molecule has 0 bridgehead atoms. The summed E-state index contributed by atoms with van der Waals surface area (Å²) >= 11 is 0. The Labute approximate surface area is 102 Å². The van der Waals surface area contributed by atoms with Crippen molar-refractivity contribution in [3.05, 3.63) is 12.2 Å². The molecule has 0 spiro atoms. The molecule has 94 valence electrons. The Morgan fingerprint density at radius 3 is 2.75 bits per heavy atom. The van der Waals surface area contributed by atoms with Crippen LogP contribution in [0.3, 0.4) is 0 Å². The highest BCUT2D eigenvalue weighted by Crippen LogP contribution is 2.23. The van der Waals surface area contributed by atoms with Gasteiger partial charge in [0.1, 0.15) is 0 Å². The van der Waals surface area contributed by atoms with Crippen molar-refractivity contribution in [2.24, 2.45) is 5.41 Å². The first-order chi connectivity index (χ1) is 7.64. The summed E-state index contributed by atoms with van der Waals surface area (Å²) in [6.07, 6.45) is 14.1. The van der Waals surface area contributed by atoms with E-state index in [2.05, 4.69) is 38.2 Å². The minimum absolute atomic E-state index is 0.459. The zero-order valence-electron chi connectivity index (χ0n) is 11.4. The van der Waals surface area contributed by atoms with Gasteiger partial charge in [0, 0.05) is 12.6 Å². The Kier molecular flexibility index (Phi) is 6.12. The molecule has 16 heavy (non-hydrogen) atoms. The van der Waals surface area contributed by atoms with Crippen molar-refractivity contribution in [3.8, 4) is 0 Å². The largest absolute Gasteiger partial charge is 0.310 e.